The average molecular weight is 346 g/mol. The third-order valence-corrected chi connectivity index (χ3v) is 5.42. The fourth-order valence-electron chi connectivity index (χ4n) is 4.02. The Bertz CT molecular complexity index is 578. The van der Waals surface area contributed by atoms with Gasteiger partial charge in [0.15, 0.2) is 0 Å². The van der Waals surface area contributed by atoms with Crippen LogP contribution in [0.2, 0.25) is 0 Å². The molecular weight excluding hydrogens is 316 g/mol. The number of para-hydroxylation sites is 1. The van der Waals surface area contributed by atoms with Crippen LogP contribution in [0.25, 0.3) is 0 Å². The lowest BCUT2D eigenvalue weighted by Gasteiger charge is -2.35. The molecule has 0 aromatic heterocycles. The van der Waals surface area contributed by atoms with Crippen molar-refractivity contribution in [1.82, 2.24) is 9.80 Å². The van der Waals surface area contributed by atoms with Gasteiger partial charge in [0.25, 0.3) is 0 Å². The molecule has 0 aliphatic carbocycles. The molecule has 2 atom stereocenters. The Labute approximate surface area is 150 Å². The van der Waals surface area contributed by atoms with Crippen LogP contribution in [0, 0.1) is 5.92 Å². The van der Waals surface area contributed by atoms with Crippen LogP contribution in [0.3, 0.4) is 0 Å². The van der Waals surface area contributed by atoms with Gasteiger partial charge in [0.2, 0.25) is 5.91 Å². The van der Waals surface area contributed by atoms with Gasteiger partial charge in [-0.25, -0.2) is 0 Å². The largest absolute Gasteiger partial charge is 0.492 e. The van der Waals surface area contributed by atoms with E-state index in [2.05, 4.69) is 24.0 Å². The molecule has 3 saturated heterocycles. The quantitative estimate of drug-likeness (QED) is 0.724. The summed E-state index contributed by atoms with van der Waals surface area (Å²) in [5, 5.41) is 0. The molecule has 0 spiro atoms. The van der Waals surface area contributed by atoms with Gasteiger partial charge in [0.1, 0.15) is 12.4 Å². The summed E-state index contributed by atoms with van der Waals surface area (Å²) in [5.41, 5.74) is 1.25. The van der Waals surface area contributed by atoms with Crippen LogP contribution in [0.15, 0.2) is 24.3 Å². The number of benzene rings is 1. The highest BCUT2D eigenvalue weighted by molar-refractivity contribution is 5.80. The average Bonchev–Trinajstić information content (AvgIpc) is 2.91. The Morgan fingerprint density at radius 2 is 1.96 bits per heavy atom. The van der Waals surface area contributed by atoms with Crippen LogP contribution in [0.1, 0.15) is 25.3 Å². The third-order valence-electron chi connectivity index (χ3n) is 5.42. The molecule has 5 nitrogen and oxygen atoms in total. The Balaban J connectivity index is 1.55. The zero-order chi connectivity index (χ0) is 17.6. The van der Waals surface area contributed by atoms with Crippen LogP contribution >= 0.6 is 0 Å². The number of fused-ring (bicyclic) bond motifs is 4. The van der Waals surface area contributed by atoms with Crippen LogP contribution in [-0.4, -0.2) is 68.3 Å². The number of hydrogen-bond donors (Lipinski definition) is 0. The lowest BCUT2D eigenvalue weighted by atomic mass is 9.94. The molecule has 2 bridgehead atoms. The van der Waals surface area contributed by atoms with Crippen LogP contribution in [0.4, 0.5) is 0 Å². The monoisotopic (exact) mass is 346 g/mol. The van der Waals surface area contributed by atoms with Crippen molar-refractivity contribution in [3.05, 3.63) is 29.8 Å². The van der Waals surface area contributed by atoms with Crippen molar-refractivity contribution in [2.75, 3.05) is 46.5 Å². The highest BCUT2D eigenvalue weighted by Crippen LogP contribution is 2.29. The molecule has 0 N–H and O–H groups in total. The second-order valence-corrected chi connectivity index (χ2v) is 7.02. The molecule has 3 aliphatic rings. The van der Waals surface area contributed by atoms with Crippen LogP contribution < -0.4 is 4.74 Å². The van der Waals surface area contributed by atoms with E-state index in [4.69, 9.17) is 9.47 Å². The molecule has 4 rings (SSSR count). The smallest absolute Gasteiger partial charge is 0.227 e. The molecule has 0 saturated carbocycles. The van der Waals surface area contributed by atoms with E-state index in [0.717, 1.165) is 44.6 Å². The van der Waals surface area contributed by atoms with Crippen LogP contribution in [0.5, 0.6) is 5.75 Å². The van der Waals surface area contributed by atoms with Crippen molar-refractivity contribution < 1.29 is 14.3 Å². The zero-order valence-electron chi connectivity index (χ0n) is 15.4. The molecule has 3 fully saturated rings. The van der Waals surface area contributed by atoms with Gasteiger partial charge in [-0.15, -0.1) is 0 Å². The molecule has 1 aromatic rings. The number of hydrogen-bond acceptors (Lipinski definition) is 4. The summed E-state index contributed by atoms with van der Waals surface area (Å²) in [6.45, 7) is 6.83. The van der Waals surface area contributed by atoms with Gasteiger partial charge in [-0.3, -0.25) is 9.69 Å². The van der Waals surface area contributed by atoms with E-state index in [-0.39, 0.29) is 5.92 Å². The first-order chi connectivity index (χ1) is 12.2. The van der Waals surface area contributed by atoms with E-state index in [1.807, 2.05) is 17.0 Å². The van der Waals surface area contributed by atoms with Gasteiger partial charge in [0, 0.05) is 39.3 Å². The van der Waals surface area contributed by atoms with E-state index in [9.17, 15) is 4.79 Å². The van der Waals surface area contributed by atoms with Crippen molar-refractivity contribution in [2.45, 2.75) is 32.2 Å². The first kappa shape index (κ1) is 18.2. The minimum Gasteiger partial charge on any atom is -0.492 e. The Morgan fingerprint density at radius 1 is 1.12 bits per heavy atom. The maximum absolute atomic E-state index is 12.6. The standard InChI is InChI=1S/C20H30N2O3/c1-3-16-6-4-5-7-19(16)25-13-10-21-14-17-8-9-18(15-21)22(20(17)23)11-12-24-2/h4-7,17-18H,3,8-15H2,1-2H3/t17-,18+/m0/s1. The molecule has 1 amide bonds. The highest BCUT2D eigenvalue weighted by Gasteiger charge is 2.40. The minimum atomic E-state index is 0.138. The maximum Gasteiger partial charge on any atom is 0.227 e. The fraction of sp³-hybridized carbons (Fsp3) is 0.650. The summed E-state index contributed by atoms with van der Waals surface area (Å²) in [6, 6.07) is 8.56. The van der Waals surface area contributed by atoms with Gasteiger partial charge >= 0.3 is 0 Å². The summed E-state index contributed by atoms with van der Waals surface area (Å²) in [4.78, 5) is 17.1. The van der Waals surface area contributed by atoms with Crippen molar-refractivity contribution in [3.8, 4) is 5.75 Å². The normalized spacial score (nSPS) is 23.8. The number of aryl methyl sites for hydroxylation is 1. The first-order valence-corrected chi connectivity index (χ1v) is 9.45. The maximum atomic E-state index is 12.6. The summed E-state index contributed by atoms with van der Waals surface area (Å²) < 4.78 is 11.2. The first-order valence-electron chi connectivity index (χ1n) is 9.45. The van der Waals surface area contributed by atoms with E-state index in [0.29, 0.717) is 31.7 Å². The Hall–Kier alpha value is -1.59. The minimum absolute atomic E-state index is 0.138. The number of piperidine rings is 1. The second kappa shape index (κ2) is 8.68. The number of rotatable bonds is 8. The van der Waals surface area contributed by atoms with Crippen molar-refractivity contribution in [1.29, 1.82) is 0 Å². The van der Waals surface area contributed by atoms with E-state index >= 15 is 0 Å². The van der Waals surface area contributed by atoms with E-state index in [1.165, 1.54) is 5.56 Å². The Kier molecular flexibility index (Phi) is 6.32. The molecule has 5 heteroatoms. The van der Waals surface area contributed by atoms with Gasteiger partial charge < -0.3 is 14.4 Å². The number of ether oxygens (including phenoxy) is 2. The SMILES string of the molecule is CCc1ccccc1OCCN1C[C@@H]2CC[C@H](C1)N(CCOC)C2=O. The van der Waals surface area contributed by atoms with Crippen molar-refractivity contribution >= 4 is 5.91 Å². The lowest BCUT2D eigenvalue weighted by molar-refractivity contribution is -0.140. The lowest BCUT2D eigenvalue weighted by Crippen LogP contribution is -2.49. The number of carbonyl (C=O) groups excluding carboxylic acids is 1. The number of methoxy groups -OCH3 is 1. The summed E-state index contributed by atoms with van der Waals surface area (Å²) in [5.74, 6) is 1.44. The molecule has 0 unspecified atom stereocenters. The number of amides is 1. The van der Waals surface area contributed by atoms with Crippen LogP contribution in [-0.2, 0) is 16.0 Å². The summed E-state index contributed by atoms with van der Waals surface area (Å²) in [7, 11) is 1.69. The highest BCUT2D eigenvalue weighted by atomic mass is 16.5. The van der Waals surface area contributed by atoms with Gasteiger partial charge in [-0.1, -0.05) is 25.1 Å². The predicted molar refractivity (Wildman–Crippen MR) is 97.9 cm³/mol. The molecule has 1 aromatic carbocycles. The molecule has 3 aliphatic heterocycles. The van der Waals surface area contributed by atoms with Gasteiger partial charge in [-0.05, 0) is 30.9 Å². The third kappa shape index (κ3) is 4.33. The summed E-state index contributed by atoms with van der Waals surface area (Å²) >= 11 is 0. The predicted octanol–water partition coefficient (Wildman–Crippen LogP) is 2.20. The number of nitrogens with zero attached hydrogens (tertiary/aromatic N) is 2. The molecule has 0 radical (unpaired) electrons. The molecule has 138 valence electrons. The van der Waals surface area contributed by atoms with Crippen molar-refractivity contribution in [3.63, 3.8) is 0 Å². The van der Waals surface area contributed by atoms with Crippen molar-refractivity contribution in [2.24, 2.45) is 5.92 Å². The zero-order valence-corrected chi connectivity index (χ0v) is 15.4. The second-order valence-electron chi connectivity index (χ2n) is 7.02. The van der Waals surface area contributed by atoms with E-state index < -0.39 is 0 Å². The molecular formula is C20H30N2O3. The summed E-state index contributed by atoms with van der Waals surface area (Å²) in [6.07, 6.45) is 3.10. The van der Waals surface area contributed by atoms with Gasteiger partial charge in [-0.2, -0.15) is 0 Å². The number of carbonyl (C=O) groups is 1. The van der Waals surface area contributed by atoms with Gasteiger partial charge in [0.05, 0.1) is 12.5 Å². The molecule has 25 heavy (non-hydrogen) atoms. The van der Waals surface area contributed by atoms with E-state index in [1.54, 1.807) is 7.11 Å². The molecule has 3 heterocycles. The topological polar surface area (TPSA) is 42.0 Å². The fourth-order valence-corrected chi connectivity index (χ4v) is 4.02. The Morgan fingerprint density at radius 3 is 2.76 bits per heavy atom.